The highest BCUT2D eigenvalue weighted by Gasteiger charge is 2.34. The van der Waals surface area contributed by atoms with Crippen LogP contribution < -0.4 is 5.73 Å². The third-order valence-electron chi connectivity index (χ3n) is 2.32. The van der Waals surface area contributed by atoms with E-state index in [9.17, 15) is 13.2 Å². The Morgan fingerprint density at radius 3 is 2.67 bits per heavy atom. The molecule has 0 amide bonds. The van der Waals surface area contributed by atoms with Crippen molar-refractivity contribution in [1.29, 1.82) is 0 Å². The molecule has 1 aromatic heterocycles. The van der Waals surface area contributed by atoms with Gasteiger partial charge in [-0.3, -0.25) is 0 Å². The molecular weight excluding hydrogens is 313 g/mol. The van der Waals surface area contributed by atoms with E-state index in [-0.39, 0.29) is 12.2 Å². The zero-order chi connectivity index (χ0) is 13.3. The van der Waals surface area contributed by atoms with Crippen molar-refractivity contribution >= 4 is 15.9 Å². The van der Waals surface area contributed by atoms with Gasteiger partial charge in [0.15, 0.2) is 0 Å². The Morgan fingerprint density at radius 1 is 1.33 bits per heavy atom. The minimum atomic E-state index is -4.48. The first-order chi connectivity index (χ1) is 8.43. The summed E-state index contributed by atoms with van der Waals surface area (Å²) in [5.74, 6) is 0. The summed E-state index contributed by atoms with van der Waals surface area (Å²) >= 11 is 3.02. The zero-order valence-corrected chi connectivity index (χ0v) is 10.5. The number of alkyl halides is 3. The topological polar surface area (TPSA) is 56.7 Å². The van der Waals surface area contributed by atoms with E-state index in [4.69, 9.17) is 5.73 Å². The Balaban J connectivity index is 2.65. The Hall–Kier alpha value is -1.41. The third kappa shape index (κ3) is 2.39. The first kappa shape index (κ1) is 13.0. The predicted octanol–water partition coefficient (Wildman–Crippen LogP) is 2.51. The van der Waals surface area contributed by atoms with Gasteiger partial charge in [0.2, 0.25) is 0 Å². The lowest BCUT2D eigenvalue weighted by Crippen LogP contribution is -2.14. The molecule has 0 fully saturated rings. The summed E-state index contributed by atoms with van der Waals surface area (Å²) in [7, 11) is 0. The van der Waals surface area contributed by atoms with E-state index in [1.807, 2.05) is 0 Å². The summed E-state index contributed by atoms with van der Waals surface area (Å²) in [5.41, 5.74) is 4.95. The maximum atomic E-state index is 12.9. The summed E-state index contributed by atoms with van der Waals surface area (Å²) in [5, 5.41) is 7.20. The molecule has 18 heavy (non-hydrogen) atoms. The number of halogens is 4. The van der Waals surface area contributed by atoms with Crippen molar-refractivity contribution in [3.63, 3.8) is 0 Å². The lowest BCUT2D eigenvalue weighted by atomic mass is 10.1. The molecule has 2 N–H and O–H groups in total. The first-order valence-electron chi connectivity index (χ1n) is 4.90. The Bertz CT molecular complexity index is 564. The van der Waals surface area contributed by atoms with E-state index in [1.54, 1.807) is 0 Å². The average Bonchev–Trinajstić information content (AvgIpc) is 2.75. The number of hydrogen-bond acceptors (Lipinski definition) is 3. The molecule has 0 radical (unpaired) electrons. The van der Waals surface area contributed by atoms with Gasteiger partial charge < -0.3 is 5.73 Å². The highest BCUT2D eigenvalue weighted by Crippen LogP contribution is 2.35. The molecule has 1 aromatic carbocycles. The molecule has 0 atom stereocenters. The van der Waals surface area contributed by atoms with Crippen LogP contribution in [0.3, 0.4) is 0 Å². The molecule has 0 bridgehead atoms. The SMILES string of the molecule is NCc1cnnn1-c1ccc(Br)cc1C(F)(F)F. The number of nitrogens with zero attached hydrogens (tertiary/aromatic N) is 3. The van der Waals surface area contributed by atoms with Crippen molar-refractivity contribution in [2.45, 2.75) is 12.7 Å². The molecule has 0 unspecified atom stereocenters. The molecule has 0 spiro atoms. The molecule has 0 aliphatic heterocycles. The van der Waals surface area contributed by atoms with Crippen LogP contribution >= 0.6 is 15.9 Å². The number of nitrogens with two attached hydrogens (primary N) is 1. The van der Waals surface area contributed by atoms with Crippen molar-refractivity contribution in [3.05, 3.63) is 40.1 Å². The molecule has 0 aliphatic carbocycles. The smallest absolute Gasteiger partial charge is 0.325 e. The normalized spacial score (nSPS) is 11.8. The van der Waals surface area contributed by atoms with Crippen LogP contribution in [0.1, 0.15) is 11.3 Å². The molecule has 2 aromatic rings. The Kier molecular flexibility index (Phi) is 3.40. The van der Waals surface area contributed by atoms with Gasteiger partial charge in [0.1, 0.15) is 0 Å². The second kappa shape index (κ2) is 4.69. The number of hydrogen-bond donors (Lipinski definition) is 1. The van der Waals surface area contributed by atoms with Crippen molar-refractivity contribution in [1.82, 2.24) is 15.0 Å². The van der Waals surface area contributed by atoms with Crippen LogP contribution in [0.2, 0.25) is 0 Å². The van der Waals surface area contributed by atoms with E-state index >= 15 is 0 Å². The molecule has 2 rings (SSSR count). The molecule has 0 saturated heterocycles. The molecule has 8 heteroatoms. The van der Waals surface area contributed by atoms with Crippen molar-refractivity contribution in [3.8, 4) is 5.69 Å². The highest BCUT2D eigenvalue weighted by molar-refractivity contribution is 9.10. The fourth-order valence-electron chi connectivity index (χ4n) is 1.52. The van der Waals surface area contributed by atoms with E-state index in [2.05, 4.69) is 26.2 Å². The molecule has 0 aliphatic rings. The zero-order valence-electron chi connectivity index (χ0n) is 8.95. The van der Waals surface area contributed by atoms with Gasteiger partial charge in [0, 0.05) is 11.0 Å². The molecule has 0 saturated carbocycles. The van der Waals surface area contributed by atoms with Gasteiger partial charge in [-0.05, 0) is 18.2 Å². The van der Waals surface area contributed by atoms with Gasteiger partial charge in [-0.2, -0.15) is 13.2 Å². The standard InChI is InChI=1S/C10H8BrF3N4/c11-6-1-2-9(8(3-6)10(12,13)14)18-7(4-15)5-16-17-18/h1-3,5H,4,15H2. The van der Waals surface area contributed by atoms with Crippen LogP contribution in [0.15, 0.2) is 28.9 Å². The van der Waals surface area contributed by atoms with Crippen LogP contribution in [-0.2, 0) is 12.7 Å². The van der Waals surface area contributed by atoms with Gasteiger partial charge in [0.05, 0.1) is 23.1 Å². The summed E-state index contributed by atoms with van der Waals surface area (Å²) in [6.45, 7) is 0.0559. The number of benzene rings is 1. The van der Waals surface area contributed by atoms with Crippen LogP contribution in [0.5, 0.6) is 0 Å². The highest BCUT2D eigenvalue weighted by atomic mass is 79.9. The van der Waals surface area contributed by atoms with Gasteiger partial charge in [-0.15, -0.1) is 5.10 Å². The number of rotatable bonds is 2. The van der Waals surface area contributed by atoms with Crippen LogP contribution in [0, 0.1) is 0 Å². The maximum absolute atomic E-state index is 12.9. The second-order valence-electron chi connectivity index (χ2n) is 3.50. The average molecular weight is 321 g/mol. The van der Waals surface area contributed by atoms with Crippen LogP contribution in [0.25, 0.3) is 5.69 Å². The Labute approximate surface area is 109 Å². The minimum Gasteiger partial charge on any atom is -0.325 e. The van der Waals surface area contributed by atoms with E-state index in [0.717, 1.165) is 10.7 Å². The molecule has 1 heterocycles. The van der Waals surface area contributed by atoms with Gasteiger partial charge in [-0.25, -0.2) is 4.68 Å². The summed E-state index contributed by atoms with van der Waals surface area (Å²) < 4.78 is 40.3. The van der Waals surface area contributed by atoms with Gasteiger partial charge in [-0.1, -0.05) is 21.1 Å². The van der Waals surface area contributed by atoms with Crippen LogP contribution in [0.4, 0.5) is 13.2 Å². The van der Waals surface area contributed by atoms with Crippen LogP contribution in [-0.4, -0.2) is 15.0 Å². The lowest BCUT2D eigenvalue weighted by Gasteiger charge is -2.14. The monoisotopic (exact) mass is 320 g/mol. The third-order valence-corrected chi connectivity index (χ3v) is 2.81. The van der Waals surface area contributed by atoms with E-state index < -0.39 is 11.7 Å². The quantitative estimate of drug-likeness (QED) is 0.925. The van der Waals surface area contributed by atoms with E-state index in [1.165, 1.54) is 18.3 Å². The van der Waals surface area contributed by atoms with Gasteiger partial charge in [0.25, 0.3) is 0 Å². The Morgan fingerprint density at radius 2 is 2.06 bits per heavy atom. The fraction of sp³-hybridized carbons (Fsp3) is 0.200. The number of aromatic nitrogens is 3. The summed E-state index contributed by atoms with van der Waals surface area (Å²) in [6.07, 6.45) is -3.14. The summed E-state index contributed by atoms with van der Waals surface area (Å²) in [6, 6.07) is 3.82. The summed E-state index contributed by atoms with van der Waals surface area (Å²) in [4.78, 5) is 0. The molecule has 96 valence electrons. The van der Waals surface area contributed by atoms with Crippen molar-refractivity contribution in [2.75, 3.05) is 0 Å². The maximum Gasteiger partial charge on any atom is 0.418 e. The van der Waals surface area contributed by atoms with Crippen molar-refractivity contribution < 1.29 is 13.2 Å². The second-order valence-corrected chi connectivity index (χ2v) is 4.42. The molecular formula is C10H8BrF3N4. The van der Waals surface area contributed by atoms with Gasteiger partial charge >= 0.3 is 6.18 Å². The van der Waals surface area contributed by atoms with E-state index in [0.29, 0.717) is 10.2 Å². The minimum absolute atomic E-state index is 0.0559. The van der Waals surface area contributed by atoms with Crippen molar-refractivity contribution in [2.24, 2.45) is 5.73 Å². The fourth-order valence-corrected chi connectivity index (χ4v) is 1.88. The predicted molar refractivity (Wildman–Crippen MR) is 62.0 cm³/mol. The first-order valence-corrected chi connectivity index (χ1v) is 5.69. The largest absolute Gasteiger partial charge is 0.418 e. The lowest BCUT2D eigenvalue weighted by molar-refractivity contribution is -0.137. The molecule has 4 nitrogen and oxygen atoms in total.